The van der Waals surface area contributed by atoms with Gasteiger partial charge in [-0.15, -0.1) is 11.8 Å². The third kappa shape index (κ3) is 7.92. The van der Waals surface area contributed by atoms with Gasteiger partial charge in [0.2, 0.25) is 11.8 Å². The summed E-state index contributed by atoms with van der Waals surface area (Å²) in [7, 11) is 0. The highest BCUT2D eigenvalue weighted by Gasteiger charge is 2.26. The second kappa shape index (κ2) is 11.5. The fraction of sp³-hybridized carbons (Fsp3) is 0.364. The van der Waals surface area contributed by atoms with Gasteiger partial charge in [-0.05, 0) is 54.8 Å². The summed E-state index contributed by atoms with van der Waals surface area (Å²) in [5, 5.41) is 4.17. The van der Waals surface area contributed by atoms with Gasteiger partial charge in [0.1, 0.15) is 6.04 Å². The van der Waals surface area contributed by atoms with E-state index in [1.807, 2.05) is 44.2 Å². The van der Waals surface area contributed by atoms with Gasteiger partial charge in [0.25, 0.3) is 0 Å². The first kappa shape index (κ1) is 23.6. The number of thioether (sulfide) groups is 1. The van der Waals surface area contributed by atoms with E-state index in [2.05, 4.69) is 5.32 Å². The molecule has 0 bridgehead atoms. The van der Waals surface area contributed by atoms with Crippen molar-refractivity contribution in [2.75, 3.05) is 12.3 Å². The first-order chi connectivity index (χ1) is 13.8. The number of hydrogen-bond acceptors (Lipinski definition) is 3. The molecule has 0 aliphatic carbocycles. The van der Waals surface area contributed by atoms with Crippen molar-refractivity contribution in [3.8, 4) is 0 Å². The highest BCUT2D eigenvalue weighted by molar-refractivity contribution is 8.00. The van der Waals surface area contributed by atoms with Gasteiger partial charge in [0.05, 0.1) is 5.75 Å². The van der Waals surface area contributed by atoms with Crippen molar-refractivity contribution in [3.05, 3.63) is 64.1 Å². The van der Waals surface area contributed by atoms with Gasteiger partial charge >= 0.3 is 0 Å². The first-order valence-electron chi connectivity index (χ1n) is 9.46. The molecule has 0 radical (unpaired) electrons. The molecule has 29 heavy (non-hydrogen) atoms. The minimum Gasteiger partial charge on any atom is -0.354 e. The number of rotatable bonds is 9. The molecule has 1 unspecified atom stereocenters. The lowest BCUT2D eigenvalue weighted by Crippen LogP contribution is -2.48. The Morgan fingerprint density at radius 3 is 2.34 bits per heavy atom. The van der Waals surface area contributed by atoms with E-state index in [0.29, 0.717) is 29.1 Å². The molecule has 0 spiro atoms. The summed E-state index contributed by atoms with van der Waals surface area (Å²) >= 11 is 13.4. The lowest BCUT2D eigenvalue weighted by Gasteiger charge is -2.29. The van der Waals surface area contributed by atoms with Crippen molar-refractivity contribution in [2.45, 2.75) is 38.3 Å². The Morgan fingerprint density at radius 2 is 1.72 bits per heavy atom. The van der Waals surface area contributed by atoms with Crippen molar-refractivity contribution in [2.24, 2.45) is 5.92 Å². The highest BCUT2D eigenvalue weighted by atomic mass is 35.5. The minimum atomic E-state index is -0.592. The first-order valence-corrected chi connectivity index (χ1v) is 11.2. The number of carbonyl (C=O) groups excluding carboxylic acids is 2. The van der Waals surface area contributed by atoms with Gasteiger partial charge < -0.3 is 10.2 Å². The molecule has 2 amide bonds. The third-order valence-corrected chi connectivity index (χ3v) is 5.75. The lowest BCUT2D eigenvalue weighted by atomic mass is 10.1. The van der Waals surface area contributed by atoms with Crippen LogP contribution in [0.3, 0.4) is 0 Å². The Hall–Kier alpha value is -1.69. The summed E-state index contributed by atoms with van der Waals surface area (Å²) in [6.45, 7) is 6.70. The Labute approximate surface area is 187 Å². The molecule has 1 N–H and O–H groups in total. The zero-order valence-corrected chi connectivity index (χ0v) is 19.2. The van der Waals surface area contributed by atoms with Crippen LogP contribution in [-0.2, 0) is 16.1 Å². The molecule has 1 atom stereocenters. The van der Waals surface area contributed by atoms with Crippen LogP contribution < -0.4 is 5.32 Å². The maximum Gasteiger partial charge on any atom is 0.242 e. The number of nitrogens with zero attached hydrogens (tertiary/aromatic N) is 1. The number of carbonyl (C=O) groups is 2. The molecule has 7 heteroatoms. The molecule has 0 aliphatic heterocycles. The standard InChI is InChI=1S/C22H26Cl2N2O2S/c1-15(2)12-25-22(28)16(3)26(13-17-5-4-6-19(24)11-17)21(27)14-29-20-9-7-18(23)8-10-20/h4-11,15-16H,12-14H2,1-3H3,(H,25,28). The summed E-state index contributed by atoms with van der Waals surface area (Å²) in [6.07, 6.45) is 0. The smallest absolute Gasteiger partial charge is 0.242 e. The fourth-order valence-electron chi connectivity index (χ4n) is 2.63. The predicted octanol–water partition coefficient (Wildman–Crippen LogP) is 5.28. The molecular formula is C22H26Cl2N2O2S. The average Bonchev–Trinajstić information content (AvgIpc) is 2.69. The zero-order valence-electron chi connectivity index (χ0n) is 16.8. The van der Waals surface area contributed by atoms with Crippen LogP contribution in [-0.4, -0.2) is 35.1 Å². The van der Waals surface area contributed by atoms with E-state index in [1.165, 1.54) is 11.8 Å². The van der Waals surface area contributed by atoms with Gasteiger partial charge in [-0.3, -0.25) is 9.59 Å². The predicted molar refractivity (Wildman–Crippen MR) is 121 cm³/mol. The topological polar surface area (TPSA) is 49.4 Å². The molecule has 0 aromatic heterocycles. The van der Waals surface area contributed by atoms with E-state index in [1.54, 1.807) is 30.0 Å². The maximum atomic E-state index is 13.0. The molecule has 0 saturated carbocycles. The van der Waals surface area contributed by atoms with E-state index in [4.69, 9.17) is 23.2 Å². The minimum absolute atomic E-state index is 0.114. The molecule has 2 rings (SSSR count). The van der Waals surface area contributed by atoms with Gasteiger partial charge in [0, 0.05) is 28.0 Å². The normalized spacial score (nSPS) is 11.9. The lowest BCUT2D eigenvalue weighted by molar-refractivity contribution is -0.138. The molecule has 4 nitrogen and oxygen atoms in total. The summed E-state index contributed by atoms with van der Waals surface area (Å²) in [6, 6.07) is 14.1. The molecule has 2 aromatic carbocycles. The van der Waals surface area contributed by atoms with Crippen LogP contribution in [0.2, 0.25) is 10.0 Å². The van der Waals surface area contributed by atoms with Crippen LogP contribution in [0.1, 0.15) is 26.3 Å². The Morgan fingerprint density at radius 1 is 1.03 bits per heavy atom. The average molecular weight is 453 g/mol. The molecule has 156 valence electrons. The van der Waals surface area contributed by atoms with Crippen LogP contribution in [0.5, 0.6) is 0 Å². The van der Waals surface area contributed by atoms with Crippen molar-refractivity contribution >= 4 is 46.8 Å². The van der Waals surface area contributed by atoms with Gasteiger partial charge in [-0.2, -0.15) is 0 Å². The fourth-order valence-corrected chi connectivity index (χ4v) is 3.75. The van der Waals surface area contributed by atoms with Crippen LogP contribution in [0, 0.1) is 5.92 Å². The van der Waals surface area contributed by atoms with E-state index >= 15 is 0 Å². The van der Waals surface area contributed by atoms with Crippen molar-refractivity contribution in [1.82, 2.24) is 10.2 Å². The van der Waals surface area contributed by atoms with Gasteiger partial charge in [-0.1, -0.05) is 49.2 Å². The second-order valence-electron chi connectivity index (χ2n) is 7.21. The summed E-state index contributed by atoms with van der Waals surface area (Å²) < 4.78 is 0. The third-order valence-electron chi connectivity index (χ3n) is 4.27. The van der Waals surface area contributed by atoms with Gasteiger partial charge in [-0.25, -0.2) is 0 Å². The van der Waals surface area contributed by atoms with Gasteiger partial charge in [0.15, 0.2) is 0 Å². The zero-order chi connectivity index (χ0) is 21.4. The number of hydrogen-bond donors (Lipinski definition) is 1. The van der Waals surface area contributed by atoms with Crippen molar-refractivity contribution in [1.29, 1.82) is 0 Å². The molecular weight excluding hydrogens is 427 g/mol. The number of halogens is 2. The van der Waals surface area contributed by atoms with E-state index in [9.17, 15) is 9.59 Å². The molecule has 0 saturated heterocycles. The molecule has 0 heterocycles. The monoisotopic (exact) mass is 452 g/mol. The van der Waals surface area contributed by atoms with Crippen molar-refractivity contribution in [3.63, 3.8) is 0 Å². The van der Waals surface area contributed by atoms with Crippen molar-refractivity contribution < 1.29 is 9.59 Å². The maximum absolute atomic E-state index is 13.0. The molecule has 2 aromatic rings. The molecule has 0 fully saturated rings. The van der Waals surface area contributed by atoms with Crippen LogP contribution in [0.15, 0.2) is 53.4 Å². The van der Waals surface area contributed by atoms with Crippen LogP contribution in [0.4, 0.5) is 0 Å². The summed E-state index contributed by atoms with van der Waals surface area (Å²) in [4.78, 5) is 28.2. The number of amides is 2. The Kier molecular flexibility index (Phi) is 9.34. The van der Waals surface area contributed by atoms with E-state index < -0.39 is 6.04 Å². The summed E-state index contributed by atoms with van der Waals surface area (Å²) in [5.41, 5.74) is 0.880. The van der Waals surface area contributed by atoms with Crippen LogP contribution in [0.25, 0.3) is 0 Å². The molecule has 0 aliphatic rings. The Balaban J connectivity index is 2.12. The second-order valence-corrected chi connectivity index (χ2v) is 9.13. The number of nitrogens with one attached hydrogen (secondary N) is 1. The Bertz CT molecular complexity index is 828. The number of benzene rings is 2. The quantitative estimate of drug-likeness (QED) is 0.526. The van der Waals surface area contributed by atoms with Crippen LogP contribution >= 0.6 is 35.0 Å². The SMILES string of the molecule is CC(C)CNC(=O)C(C)N(Cc1cccc(Cl)c1)C(=O)CSc1ccc(Cl)cc1. The van der Waals surface area contributed by atoms with E-state index in [0.717, 1.165) is 10.5 Å². The van der Waals surface area contributed by atoms with E-state index in [-0.39, 0.29) is 17.6 Å². The summed E-state index contributed by atoms with van der Waals surface area (Å²) in [5.74, 6) is 0.288. The largest absolute Gasteiger partial charge is 0.354 e. The highest BCUT2D eigenvalue weighted by Crippen LogP contribution is 2.22.